The summed E-state index contributed by atoms with van der Waals surface area (Å²) in [6.07, 6.45) is 1.16. The molecule has 0 fully saturated rings. The van der Waals surface area contributed by atoms with Crippen LogP contribution in [0, 0.1) is 4.91 Å². The maximum atomic E-state index is 10.9. The van der Waals surface area contributed by atoms with Crippen LogP contribution in [0.2, 0.25) is 0 Å². The van der Waals surface area contributed by atoms with Crippen LogP contribution in [0.4, 0.5) is 5.69 Å². The summed E-state index contributed by atoms with van der Waals surface area (Å²) in [7, 11) is -3.03. The number of nitroso groups, excluding NO2 is 1. The second-order valence-corrected chi connectivity index (χ2v) is 5.01. The minimum Gasteiger partial charge on any atom is -0.229 e. The van der Waals surface area contributed by atoms with Crippen LogP contribution in [0.1, 0.15) is 5.56 Å². The summed E-state index contributed by atoms with van der Waals surface area (Å²) in [6.45, 7) is 0. The first-order chi connectivity index (χ1) is 6.01. The van der Waals surface area contributed by atoms with E-state index in [-0.39, 0.29) is 5.75 Å². The molecule has 0 aliphatic rings. The van der Waals surface area contributed by atoms with Crippen molar-refractivity contribution in [1.82, 2.24) is 0 Å². The Balaban J connectivity index is 2.96. The van der Waals surface area contributed by atoms with Gasteiger partial charge in [-0.2, -0.15) is 0 Å². The predicted molar refractivity (Wildman–Crippen MR) is 49.0 cm³/mol. The molecule has 0 aliphatic carbocycles. The molecule has 0 heterocycles. The fourth-order valence-corrected chi connectivity index (χ4v) is 1.81. The summed E-state index contributed by atoms with van der Waals surface area (Å²) in [4.78, 5) is 10.2. The van der Waals surface area contributed by atoms with Crippen molar-refractivity contribution in [2.24, 2.45) is 0 Å². The van der Waals surface area contributed by atoms with Gasteiger partial charge in [0.15, 0.2) is 9.84 Å². The molecule has 1 aromatic rings. The lowest BCUT2D eigenvalue weighted by molar-refractivity contribution is -0.379. The van der Waals surface area contributed by atoms with Crippen LogP contribution in [0.25, 0.3) is 0 Å². The van der Waals surface area contributed by atoms with E-state index in [2.05, 4.69) is 0 Å². The van der Waals surface area contributed by atoms with Gasteiger partial charge in [0.05, 0.1) is 5.75 Å². The Labute approximate surface area is 76.5 Å². The third-order valence-electron chi connectivity index (χ3n) is 1.47. The minimum absolute atomic E-state index is 0.0392. The predicted octanol–water partition coefficient (Wildman–Crippen LogP) is -0.290. The lowest BCUT2D eigenvalue weighted by Crippen LogP contribution is -2.55. The van der Waals surface area contributed by atoms with Gasteiger partial charge in [0.1, 0.15) is 0 Å². The number of hydrogen-bond acceptors (Lipinski definition) is 3. The first-order valence-corrected chi connectivity index (χ1v) is 5.72. The largest absolute Gasteiger partial charge is 0.253 e. The molecule has 0 saturated carbocycles. The van der Waals surface area contributed by atoms with Crippen LogP contribution in [0.3, 0.4) is 0 Å². The highest BCUT2D eigenvalue weighted by Gasteiger charge is 2.06. The molecule has 5 heteroatoms. The zero-order chi connectivity index (χ0) is 9.90. The Hall–Kier alpha value is -1.23. The second kappa shape index (κ2) is 3.66. The van der Waals surface area contributed by atoms with Crippen LogP contribution < -0.4 is 5.18 Å². The Bertz CT molecular complexity index is 411. The van der Waals surface area contributed by atoms with Gasteiger partial charge >= 0.3 is 0 Å². The van der Waals surface area contributed by atoms with Crippen LogP contribution >= 0.6 is 0 Å². The van der Waals surface area contributed by atoms with Crippen molar-refractivity contribution < 1.29 is 13.6 Å². The van der Waals surface area contributed by atoms with Gasteiger partial charge < -0.3 is 0 Å². The number of hydrogen-bond donors (Lipinski definition) is 1. The maximum absolute atomic E-state index is 10.9. The Morgan fingerprint density at radius 3 is 2.62 bits per heavy atom. The van der Waals surface area contributed by atoms with E-state index in [4.69, 9.17) is 0 Å². The molecule has 0 aliphatic heterocycles. The van der Waals surface area contributed by atoms with Crippen molar-refractivity contribution in [3.05, 3.63) is 34.7 Å². The minimum atomic E-state index is -3.03. The van der Waals surface area contributed by atoms with E-state index in [1.165, 1.54) is 6.07 Å². The molecule has 13 heavy (non-hydrogen) atoms. The summed E-state index contributed by atoms with van der Waals surface area (Å²) >= 11 is 0. The summed E-state index contributed by atoms with van der Waals surface area (Å²) in [5.74, 6) is -0.0392. The summed E-state index contributed by atoms with van der Waals surface area (Å²) in [6, 6.07) is 6.41. The fraction of sp³-hybridized carbons (Fsp3) is 0.250. The van der Waals surface area contributed by atoms with Crippen LogP contribution in [-0.2, 0) is 15.6 Å². The van der Waals surface area contributed by atoms with Gasteiger partial charge in [-0.1, -0.05) is 12.1 Å². The fourth-order valence-electron chi connectivity index (χ4n) is 1.03. The highest BCUT2D eigenvalue weighted by atomic mass is 32.2. The molecule has 1 aromatic carbocycles. The van der Waals surface area contributed by atoms with E-state index in [1.54, 1.807) is 23.4 Å². The number of benzene rings is 1. The van der Waals surface area contributed by atoms with Crippen molar-refractivity contribution in [1.29, 1.82) is 0 Å². The van der Waals surface area contributed by atoms with E-state index < -0.39 is 9.84 Å². The Kier molecular flexibility index (Phi) is 2.77. The van der Waals surface area contributed by atoms with Gasteiger partial charge in [-0.15, -0.1) is 0 Å². The highest BCUT2D eigenvalue weighted by Crippen LogP contribution is 2.08. The molecule has 1 rings (SSSR count). The summed E-state index contributed by atoms with van der Waals surface area (Å²) < 4.78 is 21.8. The van der Waals surface area contributed by atoms with Crippen molar-refractivity contribution in [2.75, 3.05) is 6.26 Å². The lowest BCUT2D eigenvalue weighted by atomic mass is 10.2. The summed E-state index contributed by atoms with van der Waals surface area (Å²) in [5.41, 5.74) is 0.990. The van der Waals surface area contributed by atoms with E-state index in [0.717, 1.165) is 6.26 Å². The lowest BCUT2D eigenvalue weighted by Gasteiger charge is -1.96. The van der Waals surface area contributed by atoms with Crippen molar-refractivity contribution in [3.8, 4) is 0 Å². The zero-order valence-corrected chi connectivity index (χ0v) is 7.97. The standard InChI is InChI=1S/C8H9NO3S/c1-13(11,12)6-7-3-2-4-8(5-7)9-10/h2-5H,6H2,1H3/p+1. The van der Waals surface area contributed by atoms with E-state index in [0.29, 0.717) is 11.3 Å². The topological polar surface area (TPSA) is 65.2 Å². The molecule has 0 amide bonds. The zero-order valence-electron chi connectivity index (χ0n) is 7.15. The Morgan fingerprint density at radius 1 is 1.38 bits per heavy atom. The molecule has 70 valence electrons. The van der Waals surface area contributed by atoms with Gasteiger partial charge in [-0.3, -0.25) is 0 Å². The summed E-state index contributed by atoms with van der Waals surface area (Å²) in [5, 5.41) is 1.71. The van der Waals surface area contributed by atoms with E-state index in [1.807, 2.05) is 0 Å². The van der Waals surface area contributed by atoms with Crippen LogP contribution in [-0.4, -0.2) is 14.7 Å². The highest BCUT2D eigenvalue weighted by molar-refractivity contribution is 7.89. The molecule has 0 saturated heterocycles. The Morgan fingerprint density at radius 2 is 2.08 bits per heavy atom. The molecule has 0 radical (unpaired) electrons. The SMILES string of the molecule is CS(=O)(=O)Cc1cccc([NH+]=O)c1. The smallest absolute Gasteiger partial charge is 0.229 e. The third-order valence-corrected chi connectivity index (χ3v) is 2.33. The average molecular weight is 200 g/mol. The number of sulfone groups is 1. The molecule has 1 N–H and O–H groups in total. The first kappa shape index (κ1) is 9.85. The van der Waals surface area contributed by atoms with Crippen LogP contribution in [0.5, 0.6) is 0 Å². The number of rotatable bonds is 3. The molecule has 0 aromatic heterocycles. The average Bonchev–Trinajstić information content (AvgIpc) is 2.01. The molecule has 0 spiro atoms. The number of nitrogens with one attached hydrogen (secondary N) is 1. The third kappa shape index (κ3) is 3.33. The van der Waals surface area contributed by atoms with Gasteiger partial charge in [0.25, 0.3) is 5.69 Å². The van der Waals surface area contributed by atoms with Gasteiger partial charge in [-0.05, 0) is 5.56 Å². The molecular weight excluding hydrogens is 190 g/mol. The monoisotopic (exact) mass is 200 g/mol. The second-order valence-electron chi connectivity index (χ2n) is 2.87. The maximum Gasteiger partial charge on any atom is 0.253 e. The van der Waals surface area contributed by atoms with Crippen molar-refractivity contribution in [2.45, 2.75) is 5.75 Å². The normalized spacial score (nSPS) is 11.2. The molecule has 4 nitrogen and oxygen atoms in total. The van der Waals surface area contributed by atoms with Gasteiger partial charge in [0.2, 0.25) is 0 Å². The van der Waals surface area contributed by atoms with Gasteiger partial charge in [-0.25, -0.2) is 8.42 Å². The van der Waals surface area contributed by atoms with E-state index in [9.17, 15) is 13.3 Å². The van der Waals surface area contributed by atoms with Crippen molar-refractivity contribution in [3.63, 3.8) is 0 Å². The molecule has 0 bridgehead atoms. The molecule has 0 unspecified atom stereocenters. The first-order valence-electron chi connectivity index (χ1n) is 3.66. The van der Waals surface area contributed by atoms with E-state index >= 15 is 0 Å². The van der Waals surface area contributed by atoms with Crippen molar-refractivity contribution >= 4 is 15.5 Å². The molecule has 0 atom stereocenters. The molecular formula is C8H10NO3S+. The van der Waals surface area contributed by atoms with Gasteiger partial charge in [0, 0.05) is 28.5 Å². The van der Waals surface area contributed by atoms with Crippen LogP contribution in [0.15, 0.2) is 24.3 Å². The quantitative estimate of drug-likeness (QED) is 0.729.